The minimum Gasteiger partial charge on any atom is -0.344 e. The molecule has 1 fully saturated rings. The molecule has 1 aliphatic heterocycles. The van der Waals surface area contributed by atoms with Crippen molar-refractivity contribution in [1.82, 2.24) is 19.6 Å². The highest BCUT2D eigenvalue weighted by molar-refractivity contribution is 5.81. The number of hydrogen-bond acceptors (Lipinski definition) is 3. The van der Waals surface area contributed by atoms with Crippen LogP contribution in [0.4, 0.5) is 0 Å². The van der Waals surface area contributed by atoms with Gasteiger partial charge in [0, 0.05) is 37.7 Å². The van der Waals surface area contributed by atoms with Gasteiger partial charge in [-0.05, 0) is 31.5 Å². The number of hydrogen-bond donors (Lipinski definition) is 0. The van der Waals surface area contributed by atoms with Gasteiger partial charge >= 0.3 is 0 Å². The number of nitrogens with zero attached hydrogens (tertiary/aromatic N) is 4. The maximum absolute atomic E-state index is 12.8. The molecular weight excluding hydrogens is 384 g/mol. The number of amides is 1. The molecule has 5 nitrogen and oxygen atoms in total. The van der Waals surface area contributed by atoms with Crippen LogP contribution in [0, 0.1) is 0 Å². The van der Waals surface area contributed by atoms with Crippen LogP contribution in [0.2, 0.25) is 0 Å². The molecular formula is C26H32N4O. The average molecular weight is 417 g/mol. The van der Waals surface area contributed by atoms with Gasteiger partial charge in [-0.25, -0.2) is 0 Å². The molecule has 2 aromatic carbocycles. The van der Waals surface area contributed by atoms with Gasteiger partial charge < -0.3 is 9.80 Å². The third kappa shape index (κ3) is 5.42. The monoisotopic (exact) mass is 416 g/mol. The van der Waals surface area contributed by atoms with Gasteiger partial charge in [0.25, 0.3) is 0 Å². The van der Waals surface area contributed by atoms with Crippen molar-refractivity contribution in [3.8, 4) is 22.4 Å². The number of carbonyl (C=O) groups is 1. The van der Waals surface area contributed by atoms with Crippen LogP contribution in [0.25, 0.3) is 22.4 Å². The van der Waals surface area contributed by atoms with Crippen LogP contribution in [0.1, 0.15) is 25.7 Å². The van der Waals surface area contributed by atoms with Crippen LogP contribution in [0.5, 0.6) is 0 Å². The largest absolute Gasteiger partial charge is 0.344 e. The molecule has 0 saturated carbocycles. The highest BCUT2D eigenvalue weighted by Gasteiger charge is 2.17. The second kappa shape index (κ2) is 10.4. The first-order valence-electron chi connectivity index (χ1n) is 11.4. The molecule has 31 heavy (non-hydrogen) atoms. The summed E-state index contributed by atoms with van der Waals surface area (Å²) in [6.07, 6.45) is 6.27. The van der Waals surface area contributed by atoms with E-state index in [1.165, 1.54) is 19.3 Å². The molecule has 3 aromatic rings. The molecule has 5 heteroatoms. The molecule has 1 aromatic heterocycles. The van der Waals surface area contributed by atoms with Gasteiger partial charge in [-0.2, -0.15) is 5.10 Å². The lowest BCUT2D eigenvalue weighted by atomic mass is 10.0. The van der Waals surface area contributed by atoms with Gasteiger partial charge in [-0.3, -0.25) is 9.48 Å². The Bertz CT molecular complexity index is 962. The number of benzene rings is 2. The summed E-state index contributed by atoms with van der Waals surface area (Å²) in [5.74, 6) is 0.174. The van der Waals surface area contributed by atoms with E-state index in [-0.39, 0.29) is 5.91 Å². The molecule has 2 heterocycles. The second-order valence-corrected chi connectivity index (χ2v) is 8.33. The Morgan fingerprint density at radius 3 is 2.23 bits per heavy atom. The molecule has 162 valence electrons. The lowest BCUT2D eigenvalue weighted by Gasteiger charge is -2.28. The molecule has 1 amide bonds. The Hall–Kier alpha value is -2.92. The summed E-state index contributed by atoms with van der Waals surface area (Å²) in [4.78, 5) is 17.1. The molecule has 0 spiro atoms. The lowest BCUT2D eigenvalue weighted by Crippen LogP contribution is -2.38. The Labute approximate surface area is 185 Å². The molecule has 1 aliphatic rings. The fourth-order valence-electron chi connectivity index (χ4n) is 4.28. The maximum Gasteiger partial charge on any atom is 0.224 e. The first-order chi connectivity index (χ1) is 15.2. The van der Waals surface area contributed by atoms with E-state index >= 15 is 0 Å². The van der Waals surface area contributed by atoms with E-state index in [0.29, 0.717) is 13.0 Å². The first kappa shape index (κ1) is 21.3. The molecule has 0 bridgehead atoms. The molecule has 0 radical (unpaired) electrons. The summed E-state index contributed by atoms with van der Waals surface area (Å²) in [6, 6.07) is 20.6. The predicted molar refractivity (Wildman–Crippen MR) is 126 cm³/mol. The van der Waals surface area contributed by atoms with E-state index in [2.05, 4.69) is 34.3 Å². The van der Waals surface area contributed by atoms with Gasteiger partial charge in [0.2, 0.25) is 5.91 Å². The van der Waals surface area contributed by atoms with Gasteiger partial charge in [0.05, 0.1) is 18.4 Å². The van der Waals surface area contributed by atoms with E-state index < -0.39 is 0 Å². The number of likely N-dealkylation sites (tertiary alicyclic amines) is 1. The summed E-state index contributed by atoms with van der Waals surface area (Å²) < 4.78 is 1.98. The van der Waals surface area contributed by atoms with Crippen molar-refractivity contribution in [3.05, 3.63) is 66.9 Å². The fraction of sp³-hybridized carbons (Fsp3) is 0.385. The topological polar surface area (TPSA) is 41.4 Å². The van der Waals surface area contributed by atoms with E-state index in [4.69, 9.17) is 0 Å². The highest BCUT2D eigenvalue weighted by Crippen LogP contribution is 2.32. The van der Waals surface area contributed by atoms with Crippen LogP contribution >= 0.6 is 0 Å². The summed E-state index contributed by atoms with van der Waals surface area (Å²) >= 11 is 0. The summed E-state index contributed by atoms with van der Waals surface area (Å²) in [5, 5.41) is 4.66. The zero-order valence-electron chi connectivity index (χ0n) is 18.4. The quantitative estimate of drug-likeness (QED) is 0.541. The first-order valence-corrected chi connectivity index (χ1v) is 11.4. The third-order valence-electron chi connectivity index (χ3n) is 6.14. The second-order valence-electron chi connectivity index (χ2n) is 8.33. The number of likely N-dealkylation sites (N-methyl/N-ethyl adjacent to an activating group) is 1. The third-order valence-corrected chi connectivity index (χ3v) is 6.14. The summed E-state index contributed by atoms with van der Waals surface area (Å²) in [5.41, 5.74) is 4.41. The molecule has 4 rings (SSSR count). The Morgan fingerprint density at radius 2 is 1.55 bits per heavy atom. The van der Waals surface area contributed by atoms with Crippen molar-refractivity contribution in [1.29, 1.82) is 0 Å². The lowest BCUT2D eigenvalue weighted by molar-refractivity contribution is -0.130. The zero-order chi connectivity index (χ0) is 21.5. The van der Waals surface area contributed by atoms with Gasteiger partial charge in [0.15, 0.2) is 0 Å². The van der Waals surface area contributed by atoms with Crippen molar-refractivity contribution >= 4 is 5.91 Å². The van der Waals surface area contributed by atoms with Crippen molar-refractivity contribution in [2.24, 2.45) is 0 Å². The summed E-state index contributed by atoms with van der Waals surface area (Å²) in [7, 11) is 1.92. The van der Waals surface area contributed by atoms with E-state index in [1.54, 1.807) is 0 Å². The molecule has 0 atom stereocenters. The van der Waals surface area contributed by atoms with Crippen molar-refractivity contribution in [2.45, 2.75) is 32.2 Å². The Kier molecular flexibility index (Phi) is 7.15. The van der Waals surface area contributed by atoms with Crippen molar-refractivity contribution < 1.29 is 4.79 Å². The average Bonchev–Trinajstić information content (AvgIpc) is 3.26. The predicted octanol–water partition coefficient (Wildman–Crippen LogP) is 4.55. The van der Waals surface area contributed by atoms with Crippen LogP contribution in [-0.2, 0) is 11.3 Å². The number of aromatic nitrogens is 2. The number of piperidine rings is 1. The molecule has 1 saturated heterocycles. The van der Waals surface area contributed by atoms with E-state index in [1.807, 2.05) is 59.2 Å². The molecule has 0 aliphatic carbocycles. The fourth-order valence-corrected chi connectivity index (χ4v) is 4.28. The van der Waals surface area contributed by atoms with Crippen LogP contribution in [0.15, 0.2) is 66.9 Å². The van der Waals surface area contributed by atoms with Gasteiger partial charge in [-0.15, -0.1) is 0 Å². The minimum atomic E-state index is 0.174. The van der Waals surface area contributed by atoms with Gasteiger partial charge in [0.1, 0.15) is 0 Å². The molecule has 0 N–H and O–H groups in total. The highest BCUT2D eigenvalue weighted by atomic mass is 16.2. The van der Waals surface area contributed by atoms with Crippen LogP contribution in [0.3, 0.4) is 0 Å². The van der Waals surface area contributed by atoms with Gasteiger partial charge in [-0.1, -0.05) is 67.1 Å². The Morgan fingerprint density at radius 1 is 0.903 bits per heavy atom. The number of aryl methyl sites for hydroxylation is 1. The summed E-state index contributed by atoms with van der Waals surface area (Å²) in [6.45, 7) is 4.66. The Balaban J connectivity index is 1.44. The maximum atomic E-state index is 12.8. The minimum absolute atomic E-state index is 0.174. The SMILES string of the molecule is CN(CCN1CCCCC1)C(=O)CCn1ncc(-c2ccccc2)c1-c1ccccc1. The van der Waals surface area contributed by atoms with Crippen LogP contribution in [-0.4, -0.2) is 58.7 Å². The number of carbonyl (C=O) groups excluding carboxylic acids is 1. The molecule has 0 unspecified atom stereocenters. The van der Waals surface area contributed by atoms with Crippen LogP contribution < -0.4 is 0 Å². The van der Waals surface area contributed by atoms with Crippen molar-refractivity contribution in [2.75, 3.05) is 33.2 Å². The van der Waals surface area contributed by atoms with Crippen molar-refractivity contribution in [3.63, 3.8) is 0 Å². The van der Waals surface area contributed by atoms with E-state index in [0.717, 1.165) is 48.6 Å². The smallest absolute Gasteiger partial charge is 0.224 e. The normalized spacial score (nSPS) is 14.5. The number of rotatable bonds is 8. The van der Waals surface area contributed by atoms with E-state index in [9.17, 15) is 4.79 Å². The zero-order valence-corrected chi connectivity index (χ0v) is 18.4. The standard InChI is InChI=1S/C26H32N4O/c1-28(19-20-29-16-9-4-10-17-29)25(31)15-18-30-26(23-13-7-3-8-14-23)24(21-27-30)22-11-5-2-6-12-22/h2-3,5-8,11-14,21H,4,9-10,15-20H2,1H3.